The van der Waals surface area contributed by atoms with Gasteiger partial charge in [0.15, 0.2) is 0 Å². The Morgan fingerprint density at radius 3 is 2.75 bits per heavy atom. The summed E-state index contributed by atoms with van der Waals surface area (Å²) in [6, 6.07) is 16.5. The van der Waals surface area contributed by atoms with Crippen LogP contribution in [0.2, 0.25) is 0 Å². The zero-order valence-corrected chi connectivity index (χ0v) is 14.1. The van der Waals surface area contributed by atoms with Crippen LogP contribution in [-0.2, 0) is 17.7 Å². The lowest BCUT2D eigenvalue weighted by Gasteiger charge is -2.31. The van der Waals surface area contributed by atoms with Gasteiger partial charge < -0.3 is 15.0 Å². The first-order valence-electron chi connectivity index (χ1n) is 8.47. The minimum Gasteiger partial charge on any atom is -0.383 e. The van der Waals surface area contributed by atoms with Gasteiger partial charge in [-0.2, -0.15) is 0 Å². The Morgan fingerprint density at radius 1 is 1.17 bits per heavy atom. The minimum atomic E-state index is -0.0538. The molecule has 2 aromatic rings. The Bertz CT molecular complexity index is 682. The summed E-state index contributed by atoms with van der Waals surface area (Å²) in [4.78, 5) is 14.4. The van der Waals surface area contributed by atoms with Crippen molar-refractivity contribution in [2.75, 3.05) is 31.7 Å². The molecular formula is C20H24N2O2. The van der Waals surface area contributed by atoms with Gasteiger partial charge in [-0.25, -0.2) is 0 Å². The Labute approximate surface area is 143 Å². The molecule has 0 atom stereocenters. The number of para-hydroxylation sites is 1. The standard InChI is InChI=1S/C20H24N2O2/c1-24-14-12-21-20(23)18-10-8-16(9-11-18)15-22-13-4-6-17-5-2-3-7-19(17)22/h2-3,5,7-11H,4,6,12-15H2,1H3,(H,21,23). The Hall–Kier alpha value is -2.33. The van der Waals surface area contributed by atoms with E-state index in [2.05, 4.69) is 34.5 Å². The third kappa shape index (κ3) is 3.95. The van der Waals surface area contributed by atoms with E-state index in [1.807, 2.05) is 24.3 Å². The van der Waals surface area contributed by atoms with Crippen LogP contribution in [0.5, 0.6) is 0 Å². The molecule has 2 aromatic carbocycles. The minimum absolute atomic E-state index is 0.0538. The van der Waals surface area contributed by atoms with E-state index < -0.39 is 0 Å². The maximum absolute atomic E-state index is 12.0. The van der Waals surface area contributed by atoms with Crippen LogP contribution < -0.4 is 10.2 Å². The van der Waals surface area contributed by atoms with Crippen LogP contribution in [0, 0.1) is 0 Å². The van der Waals surface area contributed by atoms with Crippen LogP contribution >= 0.6 is 0 Å². The van der Waals surface area contributed by atoms with Crippen LogP contribution in [0.25, 0.3) is 0 Å². The van der Waals surface area contributed by atoms with Crippen LogP contribution in [-0.4, -0.2) is 32.7 Å². The van der Waals surface area contributed by atoms with E-state index in [4.69, 9.17) is 4.74 Å². The van der Waals surface area contributed by atoms with Crippen molar-refractivity contribution < 1.29 is 9.53 Å². The van der Waals surface area contributed by atoms with Crippen LogP contribution in [0.1, 0.15) is 27.9 Å². The van der Waals surface area contributed by atoms with Gasteiger partial charge in [0, 0.05) is 38.0 Å². The number of methoxy groups -OCH3 is 1. The van der Waals surface area contributed by atoms with Gasteiger partial charge in [-0.15, -0.1) is 0 Å². The molecule has 1 N–H and O–H groups in total. The molecule has 1 aliphatic heterocycles. The quantitative estimate of drug-likeness (QED) is 0.831. The molecule has 0 spiro atoms. The third-order valence-corrected chi connectivity index (χ3v) is 4.39. The number of anilines is 1. The lowest BCUT2D eigenvalue weighted by Crippen LogP contribution is -2.29. The molecule has 1 heterocycles. The number of aryl methyl sites for hydroxylation is 1. The third-order valence-electron chi connectivity index (χ3n) is 4.39. The van der Waals surface area contributed by atoms with Gasteiger partial charge in [0.25, 0.3) is 5.91 Å². The summed E-state index contributed by atoms with van der Waals surface area (Å²) in [6.45, 7) is 3.01. The van der Waals surface area contributed by atoms with Crippen molar-refractivity contribution in [2.45, 2.75) is 19.4 Å². The fourth-order valence-electron chi connectivity index (χ4n) is 3.13. The molecule has 0 aliphatic carbocycles. The van der Waals surface area contributed by atoms with E-state index in [1.165, 1.54) is 23.2 Å². The molecule has 0 radical (unpaired) electrons. The summed E-state index contributed by atoms with van der Waals surface area (Å²) >= 11 is 0. The number of benzene rings is 2. The number of carbonyl (C=O) groups excluding carboxylic acids is 1. The number of hydrogen-bond donors (Lipinski definition) is 1. The first-order valence-corrected chi connectivity index (χ1v) is 8.47. The highest BCUT2D eigenvalue weighted by molar-refractivity contribution is 5.94. The number of nitrogens with zero attached hydrogens (tertiary/aromatic N) is 1. The summed E-state index contributed by atoms with van der Waals surface area (Å²) in [5, 5.41) is 2.84. The molecule has 24 heavy (non-hydrogen) atoms. The number of fused-ring (bicyclic) bond motifs is 1. The topological polar surface area (TPSA) is 41.6 Å². The van der Waals surface area contributed by atoms with Gasteiger partial charge in [-0.05, 0) is 42.2 Å². The SMILES string of the molecule is COCCNC(=O)c1ccc(CN2CCCc3ccccc32)cc1. The highest BCUT2D eigenvalue weighted by atomic mass is 16.5. The molecule has 4 nitrogen and oxygen atoms in total. The Morgan fingerprint density at radius 2 is 1.96 bits per heavy atom. The second-order valence-electron chi connectivity index (χ2n) is 6.10. The maximum Gasteiger partial charge on any atom is 0.251 e. The van der Waals surface area contributed by atoms with Crippen molar-refractivity contribution in [1.29, 1.82) is 0 Å². The van der Waals surface area contributed by atoms with Gasteiger partial charge in [0.05, 0.1) is 6.61 Å². The lowest BCUT2D eigenvalue weighted by atomic mass is 10.0. The molecule has 0 saturated heterocycles. The van der Waals surface area contributed by atoms with Crippen molar-refractivity contribution in [3.05, 3.63) is 65.2 Å². The summed E-state index contributed by atoms with van der Waals surface area (Å²) in [7, 11) is 1.62. The van der Waals surface area contributed by atoms with Crippen molar-refractivity contribution in [3.63, 3.8) is 0 Å². The van der Waals surface area contributed by atoms with Crippen LogP contribution in [0.3, 0.4) is 0 Å². The normalized spacial score (nSPS) is 13.5. The zero-order chi connectivity index (χ0) is 16.8. The average Bonchev–Trinajstić information content (AvgIpc) is 2.63. The molecule has 0 bridgehead atoms. The molecule has 0 fully saturated rings. The largest absolute Gasteiger partial charge is 0.383 e. The van der Waals surface area contributed by atoms with Crippen molar-refractivity contribution in [3.8, 4) is 0 Å². The highest BCUT2D eigenvalue weighted by Gasteiger charge is 2.16. The summed E-state index contributed by atoms with van der Waals surface area (Å²) in [6.07, 6.45) is 2.35. The summed E-state index contributed by atoms with van der Waals surface area (Å²) in [5.41, 5.74) is 4.68. The number of amides is 1. The van der Waals surface area contributed by atoms with Crippen molar-refractivity contribution in [2.24, 2.45) is 0 Å². The average molecular weight is 324 g/mol. The number of ether oxygens (including phenoxy) is 1. The predicted molar refractivity (Wildman–Crippen MR) is 96.5 cm³/mol. The predicted octanol–water partition coefficient (Wildman–Crippen LogP) is 3.02. The molecular weight excluding hydrogens is 300 g/mol. The lowest BCUT2D eigenvalue weighted by molar-refractivity contribution is 0.0937. The van der Waals surface area contributed by atoms with E-state index in [1.54, 1.807) is 7.11 Å². The molecule has 0 saturated carbocycles. The number of hydrogen-bond acceptors (Lipinski definition) is 3. The van der Waals surface area contributed by atoms with Crippen molar-refractivity contribution >= 4 is 11.6 Å². The van der Waals surface area contributed by atoms with Gasteiger partial charge in [-0.1, -0.05) is 30.3 Å². The van der Waals surface area contributed by atoms with Crippen LogP contribution in [0.4, 0.5) is 5.69 Å². The molecule has 1 amide bonds. The van der Waals surface area contributed by atoms with Gasteiger partial charge in [0.2, 0.25) is 0 Å². The highest BCUT2D eigenvalue weighted by Crippen LogP contribution is 2.28. The fourth-order valence-corrected chi connectivity index (χ4v) is 3.13. The van der Waals surface area contributed by atoms with E-state index >= 15 is 0 Å². The van der Waals surface area contributed by atoms with Crippen molar-refractivity contribution in [1.82, 2.24) is 5.32 Å². The first-order chi connectivity index (χ1) is 11.8. The number of carbonyl (C=O) groups is 1. The summed E-state index contributed by atoms with van der Waals surface area (Å²) < 4.78 is 4.94. The summed E-state index contributed by atoms with van der Waals surface area (Å²) in [5.74, 6) is -0.0538. The van der Waals surface area contributed by atoms with E-state index in [0.717, 1.165) is 19.5 Å². The van der Waals surface area contributed by atoms with Crippen LogP contribution in [0.15, 0.2) is 48.5 Å². The van der Waals surface area contributed by atoms with E-state index in [9.17, 15) is 4.79 Å². The number of nitrogens with one attached hydrogen (secondary N) is 1. The molecule has 0 aromatic heterocycles. The molecule has 4 heteroatoms. The second kappa shape index (κ2) is 7.97. The Kier molecular flexibility index (Phi) is 5.49. The van der Waals surface area contributed by atoms with Gasteiger partial charge in [0.1, 0.15) is 0 Å². The van der Waals surface area contributed by atoms with Gasteiger partial charge >= 0.3 is 0 Å². The molecule has 0 unspecified atom stereocenters. The molecule has 126 valence electrons. The molecule has 3 rings (SSSR count). The van der Waals surface area contributed by atoms with Gasteiger partial charge in [-0.3, -0.25) is 4.79 Å². The van der Waals surface area contributed by atoms with E-state index in [0.29, 0.717) is 18.7 Å². The number of rotatable bonds is 6. The monoisotopic (exact) mass is 324 g/mol. The van der Waals surface area contributed by atoms with E-state index in [-0.39, 0.29) is 5.91 Å². The fraction of sp³-hybridized carbons (Fsp3) is 0.350. The molecule has 1 aliphatic rings. The second-order valence-corrected chi connectivity index (χ2v) is 6.10. The zero-order valence-electron chi connectivity index (χ0n) is 14.1. The Balaban J connectivity index is 1.64. The maximum atomic E-state index is 12.0. The first kappa shape index (κ1) is 16.5. The smallest absolute Gasteiger partial charge is 0.251 e.